The molecule has 0 aliphatic heterocycles. The Morgan fingerprint density at radius 1 is 1.38 bits per heavy atom. The number of hydrogen-bond donors (Lipinski definition) is 0. The largest absolute Gasteiger partial charge is 0.459 e. The second kappa shape index (κ2) is 3.52. The Bertz CT molecular complexity index is 420. The number of methoxy groups -OCH3 is 1. The molecule has 0 saturated heterocycles. The summed E-state index contributed by atoms with van der Waals surface area (Å²) in [6.45, 7) is 0.520. The third-order valence-electron chi connectivity index (χ3n) is 1.82. The van der Waals surface area contributed by atoms with E-state index in [0.29, 0.717) is 6.61 Å². The van der Waals surface area contributed by atoms with Crippen molar-refractivity contribution in [2.45, 2.75) is 6.61 Å². The number of fused-ring (bicyclic) bond motifs is 1. The molecule has 0 radical (unpaired) electrons. The average Bonchev–Trinajstić information content (AvgIpc) is 2.46. The maximum absolute atomic E-state index is 5.53. The van der Waals surface area contributed by atoms with Crippen LogP contribution in [0.15, 0.2) is 33.2 Å². The summed E-state index contributed by atoms with van der Waals surface area (Å²) < 4.78 is 11.5. The van der Waals surface area contributed by atoms with Crippen molar-refractivity contribution in [1.29, 1.82) is 0 Å². The van der Waals surface area contributed by atoms with Gasteiger partial charge in [0.15, 0.2) is 0 Å². The topological polar surface area (TPSA) is 22.4 Å². The van der Waals surface area contributed by atoms with Crippen LogP contribution in [0, 0.1) is 0 Å². The van der Waals surface area contributed by atoms with Crippen LogP contribution in [0.2, 0.25) is 0 Å². The Balaban J connectivity index is 2.49. The molecule has 0 unspecified atom stereocenters. The maximum Gasteiger partial charge on any atom is 0.135 e. The molecule has 0 fully saturated rings. The summed E-state index contributed by atoms with van der Waals surface area (Å²) in [5.41, 5.74) is 0.890. The van der Waals surface area contributed by atoms with Crippen LogP contribution in [-0.2, 0) is 11.3 Å². The van der Waals surface area contributed by atoms with Gasteiger partial charge in [-0.05, 0) is 24.3 Å². The van der Waals surface area contributed by atoms with Crippen LogP contribution in [0.1, 0.15) is 5.76 Å². The van der Waals surface area contributed by atoms with E-state index in [1.807, 2.05) is 24.3 Å². The molecule has 2 nitrogen and oxygen atoms in total. The second-order valence-corrected chi connectivity index (χ2v) is 3.74. The first-order chi connectivity index (χ1) is 6.29. The number of hydrogen-bond acceptors (Lipinski definition) is 2. The van der Waals surface area contributed by atoms with E-state index in [0.717, 1.165) is 21.2 Å². The number of ether oxygens (including phenoxy) is 1. The zero-order valence-electron chi connectivity index (χ0n) is 7.21. The van der Waals surface area contributed by atoms with Gasteiger partial charge in [-0.1, -0.05) is 15.9 Å². The predicted molar refractivity (Wildman–Crippen MR) is 54.6 cm³/mol. The first-order valence-electron chi connectivity index (χ1n) is 3.96. The SMILES string of the molecule is COCc1cc2ccc(Br)cc2o1. The summed E-state index contributed by atoms with van der Waals surface area (Å²) >= 11 is 3.39. The van der Waals surface area contributed by atoms with Gasteiger partial charge in [-0.3, -0.25) is 0 Å². The van der Waals surface area contributed by atoms with Gasteiger partial charge in [-0.25, -0.2) is 0 Å². The highest BCUT2D eigenvalue weighted by atomic mass is 79.9. The quantitative estimate of drug-likeness (QED) is 0.804. The summed E-state index contributed by atoms with van der Waals surface area (Å²) in [6, 6.07) is 7.95. The highest BCUT2D eigenvalue weighted by Crippen LogP contribution is 2.23. The summed E-state index contributed by atoms with van der Waals surface area (Å²) in [5.74, 6) is 0.857. The predicted octanol–water partition coefficient (Wildman–Crippen LogP) is 3.34. The minimum atomic E-state index is 0.520. The van der Waals surface area contributed by atoms with E-state index in [4.69, 9.17) is 9.15 Å². The van der Waals surface area contributed by atoms with Crippen LogP contribution in [0.25, 0.3) is 11.0 Å². The van der Waals surface area contributed by atoms with Crippen LogP contribution < -0.4 is 0 Å². The summed E-state index contributed by atoms with van der Waals surface area (Å²) in [4.78, 5) is 0. The third kappa shape index (κ3) is 1.76. The van der Waals surface area contributed by atoms with Crippen molar-refractivity contribution < 1.29 is 9.15 Å². The van der Waals surface area contributed by atoms with Crippen molar-refractivity contribution in [2.24, 2.45) is 0 Å². The van der Waals surface area contributed by atoms with Gasteiger partial charge in [0.05, 0.1) is 0 Å². The first kappa shape index (κ1) is 8.78. The molecular weight excluding hydrogens is 232 g/mol. The number of halogens is 1. The van der Waals surface area contributed by atoms with Crippen molar-refractivity contribution in [2.75, 3.05) is 7.11 Å². The van der Waals surface area contributed by atoms with E-state index in [1.165, 1.54) is 0 Å². The molecular formula is C10H9BrO2. The average molecular weight is 241 g/mol. The van der Waals surface area contributed by atoms with E-state index in [1.54, 1.807) is 7.11 Å². The van der Waals surface area contributed by atoms with E-state index < -0.39 is 0 Å². The lowest BCUT2D eigenvalue weighted by Gasteiger charge is -1.90. The van der Waals surface area contributed by atoms with E-state index in [2.05, 4.69) is 15.9 Å². The summed E-state index contributed by atoms with van der Waals surface area (Å²) in [6.07, 6.45) is 0. The molecule has 0 atom stereocenters. The lowest BCUT2D eigenvalue weighted by atomic mass is 10.2. The molecule has 68 valence electrons. The van der Waals surface area contributed by atoms with Crippen molar-refractivity contribution in [3.8, 4) is 0 Å². The van der Waals surface area contributed by atoms with Gasteiger partial charge in [0.2, 0.25) is 0 Å². The Labute approximate surface area is 84.6 Å². The van der Waals surface area contributed by atoms with Gasteiger partial charge in [-0.15, -0.1) is 0 Å². The van der Waals surface area contributed by atoms with E-state index >= 15 is 0 Å². The molecule has 1 heterocycles. The van der Waals surface area contributed by atoms with Crippen molar-refractivity contribution in [1.82, 2.24) is 0 Å². The van der Waals surface area contributed by atoms with Crippen LogP contribution in [-0.4, -0.2) is 7.11 Å². The minimum absolute atomic E-state index is 0.520. The number of rotatable bonds is 2. The molecule has 0 N–H and O–H groups in total. The summed E-state index contributed by atoms with van der Waals surface area (Å²) in [7, 11) is 1.66. The summed E-state index contributed by atoms with van der Waals surface area (Å²) in [5, 5.41) is 1.11. The highest BCUT2D eigenvalue weighted by Gasteiger charge is 2.02. The first-order valence-corrected chi connectivity index (χ1v) is 4.76. The van der Waals surface area contributed by atoms with Gasteiger partial charge in [0.25, 0.3) is 0 Å². The Hall–Kier alpha value is -0.800. The molecule has 1 aromatic heterocycles. The van der Waals surface area contributed by atoms with Crippen LogP contribution >= 0.6 is 15.9 Å². The smallest absolute Gasteiger partial charge is 0.135 e. The third-order valence-corrected chi connectivity index (χ3v) is 2.31. The molecule has 2 rings (SSSR count). The van der Waals surface area contributed by atoms with Gasteiger partial charge in [-0.2, -0.15) is 0 Å². The lowest BCUT2D eigenvalue weighted by Crippen LogP contribution is -1.81. The molecule has 0 amide bonds. The zero-order valence-corrected chi connectivity index (χ0v) is 8.80. The van der Waals surface area contributed by atoms with Crippen molar-refractivity contribution in [3.63, 3.8) is 0 Å². The normalized spacial score (nSPS) is 10.9. The zero-order chi connectivity index (χ0) is 9.26. The molecule has 0 aliphatic carbocycles. The molecule has 2 aromatic rings. The molecule has 0 saturated carbocycles. The van der Waals surface area contributed by atoms with Crippen LogP contribution in [0.5, 0.6) is 0 Å². The monoisotopic (exact) mass is 240 g/mol. The van der Waals surface area contributed by atoms with E-state index in [-0.39, 0.29) is 0 Å². The van der Waals surface area contributed by atoms with Crippen LogP contribution in [0.3, 0.4) is 0 Å². The fraction of sp³-hybridized carbons (Fsp3) is 0.200. The fourth-order valence-corrected chi connectivity index (χ4v) is 1.61. The Kier molecular flexibility index (Phi) is 2.38. The van der Waals surface area contributed by atoms with Crippen molar-refractivity contribution >= 4 is 26.9 Å². The van der Waals surface area contributed by atoms with Gasteiger partial charge in [0.1, 0.15) is 18.0 Å². The lowest BCUT2D eigenvalue weighted by molar-refractivity contribution is 0.166. The van der Waals surface area contributed by atoms with Gasteiger partial charge in [0, 0.05) is 17.0 Å². The molecule has 0 bridgehead atoms. The molecule has 3 heteroatoms. The second-order valence-electron chi connectivity index (χ2n) is 2.83. The van der Waals surface area contributed by atoms with Gasteiger partial charge < -0.3 is 9.15 Å². The number of furan rings is 1. The highest BCUT2D eigenvalue weighted by molar-refractivity contribution is 9.10. The standard InChI is InChI=1S/C10H9BrO2/c1-12-6-9-4-7-2-3-8(11)5-10(7)13-9/h2-5H,6H2,1H3. The van der Waals surface area contributed by atoms with Crippen LogP contribution in [0.4, 0.5) is 0 Å². The van der Waals surface area contributed by atoms with Gasteiger partial charge >= 0.3 is 0 Å². The Morgan fingerprint density at radius 2 is 2.23 bits per heavy atom. The minimum Gasteiger partial charge on any atom is -0.459 e. The fourth-order valence-electron chi connectivity index (χ4n) is 1.27. The maximum atomic E-state index is 5.53. The van der Waals surface area contributed by atoms with Crippen molar-refractivity contribution in [3.05, 3.63) is 34.5 Å². The molecule has 13 heavy (non-hydrogen) atoms. The number of benzene rings is 1. The van der Waals surface area contributed by atoms with E-state index in [9.17, 15) is 0 Å². The Morgan fingerprint density at radius 3 is 3.00 bits per heavy atom. The molecule has 0 spiro atoms. The molecule has 1 aromatic carbocycles. The molecule has 0 aliphatic rings.